The van der Waals surface area contributed by atoms with Crippen LogP contribution >= 0.6 is 0 Å². The van der Waals surface area contributed by atoms with Gasteiger partial charge < -0.3 is 39.7 Å². The third kappa shape index (κ3) is 4.82. The average Bonchev–Trinajstić information content (AvgIpc) is 2.99. The van der Waals surface area contributed by atoms with Gasteiger partial charge in [-0.05, 0) is 78.4 Å². The molecule has 6 aliphatic rings. The molecule has 0 aromatic carbocycles. The van der Waals surface area contributed by atoms with Crippen LogP contribution in [0, 0.1) is 50.2 Å². The Morgan fingerprint density at radius 3 is 2.26 bits per heavy atom. The summed E-state index contributed by atoms with van der Waals surface area (Å²) in [7, 11) is 1.79. The molecule has 0 amide bonds. The second kappa shape index (κ2) is 11.3. The predicted octanol–water partition coefficient (Wildman–Crippen LogP) is 3.86. The number of ether oxygens (including phenoxy) is 3. The quantitative estimate of drug-likeness (QED) is 0.216. The molecule has 0 bridgehead atoms. The lowest BCUT2D eigenvalue weighted by Crippen LogP contribution is -2.69. The number of methoxy groups -OCH3 is 1. The van der Waals surface area contributed by atoms with Crippen molar-refractivity contribution >= 4 is 11.8 Å². The second-order valence-electron chi connectivity index (χ2n) is 18.1. The summed E-state index contributed by atoms with van der Waals surface area (Å²) >= 11 is 0. The molecule has 1 aliphatic heterocycles. The highest BCUT2D eigenvalue weighted by atomic mass is 16.7. The molecule has 266 valence electrons. The van der Waals surface area contributed by atoms with E-state index in [4.69, 9.17) is 14.2 Å². The Kier molecular flexibility index (Phi) is 8.52. The van der Waals surface area contributed by atoms with Crippen LogP contribution in [0.5, 0.6) is 0 Å². The van der Waals surface area contributed by atoms with Gasteiger partial charge in [0.15, 0.2) is 12.4 Å². The standard InChI is InChI=1S/C37H58O10/c1-32(2)16-20-19-15-21(45-8)29-34(4)11-10-24(46-31-27(42)25(40)26(41)28(47-31)30(43)44)35(5,18-38)22(34)9-12-37(29,7)36(19,6)14-13-33(20,3)23(39)17-32/h15,20-22,24-29,31,38,40-42H,9-14,16-18H2,1-8H3,(H,43,44)/t20-,21+,22-,24-,25-,26-,27+,28-,29+,31+,33+,34-,35+,36+,37+/m0/s1. The van der Waals surface area contributed by atoms with Crippen LogP contribution in [0.2, 0.25) is 0 Å². The van der Waals surface area contributed by atoms with E-state index >= 15 is 0 Å². The summed E-state index contributed by atoms with van der Waals surface area (Å²) in [5, 5.41) is 52.1. The summed E-state index contributed by atoms with van der Waals surface area (Å²) in [6.07, 6.45) is -0.371. The Hall–Kier alpha value is -1.40. The minimum atomic E-state index is -1.80. The highest BCUT2D eigenvalue weighted by Crippen LogP contribution is 2.75. The van der Waals surface area contributed by atoms with E-state index in [1.165, 1.54) is 5.57 Å². The van der Waals surface area contributed by atoms with Gasteiger partial charge >= 0.3 is 5.97 Å². The molecule has 47 heavy (non-hydrogen) atoms. The van der Waals surface area contributed by atoms with E-state index in [1.54, 1.807) is 7.11 Å². The number of rotatable bonds is 5. The Balaban J connectivity index is 1.36. The highest BCUT2D eigenvalue weighted by Gasteiger charge is 2.71. The molecule has 0 unspecified atom stereocenters. The van der Waals surface area contributed by atoms with Crippen molar-refractivity contribution in [2.24, 2.45) is 50.2 Å². The average molecular weight is 663 g/mol. The molecule has 10 nitrogen and oxygen atoms in total. The fraction of sp³-hybridized carbons (Fsp3) is 0.892. The number of aliphatic hydroxyl groups is 4. The van der Waals surface area contributed by atoms with Gasteiger partial charge in [-0.2, -0.15) is 0 Å². The SMILES string of the molecule is CO[C@@H]1C=C2[C@@H]3CC(C)(C)CC(=O)[C@]3(C)CC[C@@]2(C)[C@]2(C)CC[C@H]3[C@](C)(CC[C@H](O[C@@H]4O[C@H](C(=O)O)[C@@H](O)[C@H](O)[C@H]4O)[C@]3(C)CO)[C@@H]12. The third-order valence-electron chi connectivity index (χ3n) is 15.2. The van der Waals surface area contributed by atoms with E-state index in [0.717, 1.165) is 38.5 Å². The maximum Gasteiger partial charge on any atom is 0.335 e. The van der Waals surface area contributed by atoms with Crippen molar-refractivity contribution in [1.29, 1.82) is 0 Å². The zero-order valence-corrected chi connectivity index (χ0v) is 29.5. The molecule has 4 saturated carbocycles. The smallest absolute Gasteiger partial charge is 0.335 e. The van der Waals surface area contributed by atoms with Crippen molar-refractivity contribution < 1.29 is 49.3 Å². The lowest BCUT2D eigenvalue weighted by molar-refractivity contribution is -0.329. The molecule has 5 fully saturated rings. The molecule has 1 heterocycles. The van der Waals surface area contributed by atoms with Crippen molar-refractivity contribution in [2.45, 2.75) is 143 Å². The molecule has 15 atom stereocenters. The Labute approximate surface area is 279 Å². The van der Waals surface area contributed by atoms with Gasteiger partial charge in [-0.1, -0.05) is 60.1 Å². The number of fused-ring (bicyclic) bond motifs is 7. The Morgan fingerprint density at radius 2 is 1.64 bits per heavy atom. The first kappa shape index (κ1) is 35.4. The lowest BCUT2D eigenvalue weighted by atomic mass is 9.33. The summed E-state index contributed by atoms with van der Waals surface area (Å²) in [6.45, 7) is 15.7. The minimum absolute atomic E-state index is 0.00332. The number of carbonyl (C=O) groups excluding carboxylic acids is 1. The van der Waals surface area contributed by atoms with Gasteiger partial charge in [-0.3, -0.25) is 4.79 Å². The first-order chi connectivity index (χ1) is 21.7. The van der Waals surface area contributed by atoms with Gasteiger partial charge in [0.05, 0.1) is 18.8 Å². The summed E-state index contributed by atoms with van der Waals surface area (Å²) in [6, 6.07) is 0. The highest BCUT2D eigenvalue weighted by molar-refractivity contribution is 5.87. The molecule has 0 aromatic heterocycles. The van der Waals surface area contributed by atoms with Gasteiger partial charge in [-0.25, -0.2) is 4.79 Å². The summed E-state index contributed by atoms with van der Waals surface area (Å²) in [4.78, 5) is 25.5. The van der Waals surface area contributed by atoms with Gasteiger partial charge in [0.1, 0.15) is 24.1 Å². The number of carbonyl (C=O) groups is 2. The molecular weight excluding hydrogens is 604 g/mol. The van der Waals surface area contributed by atoms with E-state index in [9.17, 15) is 35.1 Å². The van der Waals surface area contributed by atoms with Crippen LogP contribution in [0.3, 0.4) is 0 Å². The maximum atomic E-state index is 13.7. The van der Waals surface area contributed by atoms with Gasteiger partial charge in [0, 0.05) is 30.3 Å². The Morgan fingerprint density at radius 1 is 0.957 bits per heavy atom. The number of carboxylic acids is 1. The lowest BCUT2D eigenvalue weighted by Gasteiger charge is -2.72. The number of Topliss-reactive ketones (excluding diaryl/α,β-unsaturated/α-hetero) is 1. The van der Waals surface area contributed by atoms with Crippen LogP contribution in [0.4, 0.5) is 0 Å². The number of aliphatic hydroxyl groups excluding tert-OH is 4. The van der Waals surface area contributed by atoms with Gasteiger partial charge in [0.25, 0.3) is 0 Å². The van der Waals surface area contributed by atoms with Crippen LogP contribution in [-0.2, 0) is 23.8 Å². The van der Waals surface area contributed by atoms with E-state index in [0.29, 0.717) is 18.6 Å². The van der Waals surface area contributed by atoms with Crippen molar-refractivity contribution in [1.82, 2.24) is 0 Å². The largest absolute Gasteiger partial charge is 0.479 e. The number of allylic oxidation sites excluding steroid dienone is 1. The fourth-order valence-corrected chi connectivity index (χ4v) is 12.3. The molecule has 0 aromatic rings. The van der Waals surface area contributed by atoms with Crippen LogP contribution < -0.4 is 0 Å². The normalized spacial score (nSPS) is 54.0. The third-order valence-corrected chi connectivity index (χ3v) is 15.2. The fourth-order valence-electron chi connectivity index (χ4n) is 12.3. The molecule has 5 N–H and O–H groups in total. The molecule has 1 saturated heterocycles. The van der Waals surface area contributed by atoms with E-state index < -0.39 is 48.2 Å². The van der Waals surface area contributed by atoms with Crippen molar-refractivity contribution in [3.63, 3.8) is 0 Å². The van der Waals surface area contributed by atoms with Gasteiger partial charge in [-0.15, -0.1) is 0 Å². The maximum absolute atomic E-state index is 13.7. The number of carboxylic acid groups (broad SMARTS) is 1. The number of aliphatic carboxylic acids is 1. The molecule has 5 aliphatic carbocycles. The molecule has 10 heteroatoms. The molecule has 6 rings (SSSR count). The summed E-state index contributed by atoms with van der Waals surface area (Å²) < 4.78 is 18.3. The first-order valence-corrected chi connectivity index (χ1v) is 17.7. The van der Waals surface area contributed by atoms with E-state index in [2.05, 4.69) is 47.6 Å². The summed E-state index contributed by atoms with van der Waals surface area (Å²) in [5.74, 6) is -0.766. The Bertz CT molecular complexity index is 1310. The number of ketones is 1. The van der Waals surface area contributed by atoms with Crippen LogP contribution in [0.1, 0.15) is 99.8 Å². The first-order valence-electron chi connectivity index (χ1n) is 17.7. The topological polar surface area (TPSA) is 163 Å². The predicted molar refractivity (Wildman–Crippen MR) is 172 cm³/mol. The number of hydrogen-bond acceptors (Lipinski definition) is 9. The zero-order valence-electron chi connectivity index (χ0n) is 29.5. The minimum Gasteiger partial charge on any atom is -0.479 e. The zero-order chi connectivity index (χ0) is 34.7. The van der Waals surface area contributed by atoms with Crippen LogP contribution in [0.25, 0.3) is 0 Å². The van der Waals surface area contributed by atoms with Crippen molar-refractivity contribution in [2.75, 3.05) is 13.7 Å². The van der Waals surface area contributed by atoms with Crippen molar-refractivity contribution in [3.8, 4) is 0 Å². The second-order valence-corrected chi connectivity index (χ2v) is 18.1. The summed E-state index contributed by atoms with van der Waals surface area (Å²) in [5.41, 5.74) is -0.293. The monoisotopic (exact) mass is 662 g/mol. The number of hydrogen-bond donors (Lipinski definition) is 5. The molecule has 0 radical (unpaired) electrons. The van der Waals surface area contributed by atoms with E-state index in [1.807, 2.05) is 6.92 Å². The van der Waals surface area contributed by atoms with Crippen molar-refractivity contribution in [3.05, 3.63) is 11.6 Å². The van der Waals surface area contributed by atoms with Crippen LogP contribution in [-0.4, -0.2) is 93.9 Å². The molecular formula is C37H58O10. The molecule has 0 spiro atoms. The van der Waals surface area contributed by atoms with Gasteiger partial charge in [0.2, 0.25) is 0 Å². The van der Waals surface area contributed by atoms with E-state index in [-0.39, 0.29) is 57.5 Å². The van der Waals surface area contributed by atoms with Crippen LogP contribution in [0.15, 0.2) is 11.6 Å².